The van der Waals surface area contributed by atoms with E-state index in [1.165, 1.54) is 0 Å². The third-order valence-electron chi connectivity index (χ3n) is 3.99. The number of carbonyl (C=O) groups is 1. The number of hydrogen-bond acceptors (Lipinski definition) is 4. The highest BCUT2D eigenvalue weighted by atomic mass is 35.5. The van der Waals surface area contributed by atoms with Crippen LogP contribution in [-0.2, 0) is 6.42 Å². The monoisotopic (exact) mass is 343 g/mol. The molecule has 0 saturated carbocycles. The number of ketones is 1. The van der Waals surface area contributed by atoms with Crippen molar-refractivity contribution in [3.63, 3.8) is 0 Å². The normalized spacial score (nSPS) is 14.7. The summed E-state index contributed by atoms with van der Waals surface area (Å²) in [5.41, 5.74) is 3.41. The molecule has 3 rings (SSSR count). The van der Waals surface area contributed by atoms with Gasteiger partial charge in [0.1, 0.15) is 0 Å². The summed E-state index contributed by atoms with van der Waals surface area (Å²) < 4.78 is 10.7. The van der Waals surface area contributed by atoms with E-state index in [0.717, 1.165) is 29.8 Å². The maximum atomic E-state index is 12.5. The van der Waals surface area contributed by atoms with Gasteiger partial charge < -0.3 is 14.8 Å². The van der Waals surface area contributed by atoms with Crippen LogP contribution in [0.1, 0.15) is 21.5 Å². The second-order valence-corrected chi connectivity index (χ2v) is 5.91. The van der Waals surface area contributed by atoms with E-state index in [2.05, 4.69) is 5.32 Å². The minimum absolute atomic E-state index is 0.0948. The van der Waals surface area contributed by atoms with E-state index in [9.17, 15) is 4.79 Å². The number of methoxy groups -OCH3 is 2. The van der Waals surface area contributed by atoms with Crippen LogP contribution in [0.2, 0.25) is 5.02 Å². The summed E-state index contributed by atoms with van der Waals surface area (Å²) in [6.07, 6.45) is 2.47. The Morgan fingerprint density at radius 1 is 1.17 bits per heavy atom. The van der Waals surface area contributed by atoms with Crippen molar-refractivity contribution >= 4 is 23.1 Å². The van der Waals surface area contributed by atoms with Crippen LogP contribution in [0.4, 0.5) is 0 Å². The minimum Gasteiger partial charge on any atom is -0.493 e. The zero-order valence-corrected chi connectivity index (χ0v) is 14.3. The highest BCUT2D eigenvalue weighted by Gasteiger charge is 2.19. The van der Waals surface area contributed by atoms with Gasteiger partial charge in [0.15, 0.2) is 17.3 Å². The van der Waals surface area contributed by atoms with Gasteiger partial charge in [-0.3, -0.25) is 4.79 Å². The van der Waals surface area contributed by atoms with E-state index >= 15 is 0 Å². The first-order chi connectivity index (χ1) is 11.6. The van der Waals surface area contributed by atoms with Crippen molar-refractivity contribution in [2.75, 3.05) is 20.8 Å². The molecule has 0 saturated heterocycles. The van der Waals surface area contributed by atoms with Crippen molar-refractivity contribution in [3.05, 3.63) is 64.2 Å². The standard InChI is InChI=1S/C19H18ClNO3/c1-23-18-9-12-6-7-21-16(15(12)10-19(18)24-2)11-17(22)13-4-3-5-14(20)8-13/h3-5,8-11,21H,6-7H2,1-2H3. The van der Waals surface area contributed by atoms with Crippen molar-refractivity contribution in [1.82, 2.24) is 5.32 Å². The summed E-state index contributed by atoms with van der Waals surface area (Å²) in [6, 6.07) is 10.8. The summed E-state index contributed by atoms with van der Waals surface area (Å²) >= 11 is 5.97. The summed E-state index contributed by atoms with van der Waals surface area (Å²) in [4.78, 5) is 12.5. The van der Waals surface area contributed by atoms with Gasteiger partial charge in [-0.2, -0.15) is 0 Å². The van der Waals surface area contributed by atoms with Crippen LogP contribution >= 0.6 is 11.6 Å². The van der Waals surface area contributed by atoms with E-state index in [0.29, 0.717) is 22.1 Å². The van der Waals surface area contributed by atoms with Gasteiger partial charge in [-0.05, 0) is 36.2 Å². The molecule has 0 aliphatic carbocycles. The highest BCUT2D eigenvalue weighted by molar-refractivity contribution is 6.31. The summed E-state index contributed by atoms with van der Waals surface area (Å²) in [6.45, 7) is 0.761. The molecule has 0 fully saturated rings. The predicted octanol–water partition coefficient (Wildman–Crippen LogP) is 3.73. The molecule has 1 heterocycles. The van der Waals surface area contributed by atoms with Crippen molar-refractivity contribution < 1.29 is 14.3 Å². The maximum Gasteiger partial charge on any atom is 0.187 e. The van der Waals surface area contributed by atoms with Gasteiger partial charge in [0, 0.05) is 34.5 Å². The van der Waals surface area contributed by atoms with Gasteiger partial charge in [0.05, 0.1) is 14.2 Å². The fraction of sp³-hybridized carbons (Fsp3) is 0.211. The molecule has 1 aliphatic rings. The quantitative estimate of drug-likeness (QED) is 0.679. The summed E-state index contributed by atoms with van der Waals surface area (Å²) in [5, 5.41) is 3.83. The van der Waals surface area contributed by atoms with Crippen LogP contribution in [-0.4, -0.2) is 26.5 Å². The molecule has 1 N–H and O–H groups in total. The lowest BCUT2D eigenvalue weighted by Crippen LogP contribution is -2.23. The lowest BCUT2D eigenvalue weighted by atomic mass is 9.95. The number of benzene rings is 2. The number of hydrogen-bond donors (Lipinski definition) is 1. The Bertz CT molecular complexity index is 814. The van der Waals surface area contributed by atoms with Crippen LogP contribution in [0.15, 0.2) is 42.5 Å². The van der Waals surface area contributed by atoms with Gasteiger partial charge in [-0.1, -0.05) is 23.7 Å². The molecule has 0 unspecified atom stereocenters. The van der Waals surface area contributed by atoms with E-state index in [4.69, 9.17) is 21.1 Å². The zero-order chi connectivity index (χ0) is 17.1. The SMILES string of the molecule is COc1cc2c(cc1OC)C(=CC(=O)c1cccc(Cl)c1)NCC2. The molecule has 0 aromatic heterocycles. The third-order valence-corrected chi connectivity index (χ3v) is 4.23. The Hall–Kier alpha value is -2.46. The molecule has 0 atom stereocenters. The fourth-order valence-electron chi connectivity index (χ4n) is 2.79. The molecule has 124 valence electrons. The van der Waals surface area contributed by atoms with Gasteiger partial charge >= 0.3 is 0 Å². The van der Waals surface area contributed by atoms with Crippen molar-refractivity contribution in [1.29, 1.82) is 0 Å². The Balaban J connectivity index is 2.01. The predicted molar refractivity (Wildman–Crippen MR) is 95.0 cm³/mol. The van der Waals surface area contributed by atoms with Crippen molar-refractivity contribution in [2.24, 2.45) is 0 Å². The van der Waals surface area contributed by atoms with Crippen LogP contribution in [0.5, 0.6) is 11.5 Å². The van der Waals surface area contributed by atoms with Crippen LogP contribution < -0.4 is 14.8 Å². The molecule has 5 heteroatoms. The van der Waals surface area contributed by atoms with Gasteiger partial charge in [-0.15, -0.1) is 0 Å². The summed E-state index contributed by atoms with van der Waals surface area (Å²) in [7, 11) is 3.21. The lowest BCUT2D eigenvalue weighted by Gasteiger charge is -2.23. The summed E-state index contributed by atoms with van der Waals surface area (Å²) in [5.74, 6) is 1.24. The number of ether oxygens (including phenoxy) is 2. The molecule has 2 aromatic carbocycles. The van der Waals surface area contributed by atoms with Crippen LogP contribution in [0, 0.1) is 0 Å². The van der Waals surface area contributed by atoms with E-state index < -0.39 is 0 Å². The number of fused-ring (bicyclic) bond motifs is 1. The van der Waals surface area contributed by atoms with Crippen LogP contribution in [0.3, 0.4) is 0 Å². The molecule has 1 aliphatic heterocycles. The molecule has 4 nitrogen and oxygen atoms in total. The van der Waals surface area contributed by atoms with Crippen LogP contribution in [0.25, 0.3) is 5.70 Å². The van der Waals surface area contributed by atoms with Crippen molar-refractivity contribution in [3.8, 4) is 11.5 Å². The topological polar surface area (TPSA) is 47.6 Å². The number of rotatable bonds is 4. The Labute approximate surface area is 146 Å². The maximum absolute atomic E-state index is 12.5. The first kappa shape index (κ1) is 16.4. The average Bonchev–Trinajstić information content (AvgIpc) is 2.60. The van der Waals surface area contributed by atoms with Gasteiger partial charge in [-0.25, -0.2) is 0 Å². The largest absolute Gasteiger partial charge is 0.493 e. The first-order valence-electron chi connectivity index (χ1n) is 7.63. The lowest BCUT2D eigenvalue weighted by molar-refractivity contribution is 0.104. The zero-order valence-electron chi connectivity index (χ0n) is 13.6. The fourth-order valence-corrected chi connectivity index (χ4v) is 2.98. The molecular formula is C19H18ClNO3. The molecule has 0 bridgehead atoms. The number of halogens is 1. The second-order valence-electron chi connectivity index (χ2n) is 5.47. The van der Waals surface area contributed by atoms with Gasteiger partial charge in [0.25, 0.3) is 0 Å². The molecule has 24 heavy (non-hydrogen) atoms. The van der Waals surface area contributed by atoms with E-state index in [1.54, 1.807) is 44.6 Å². The number of nitrogens with one attached hydrogen (secondary N) is 1. The molecule has 0 spiro atoms. The van der Waals surface area contributed by atoms with Crippen molar-refractivity contribution in [2.45, 2.75) is 6.42 Å². The Morgan fingerprint density at radius 3 is 2.62 bits per heavy atom. The molecule has 2 aromatic rings. The first-order valence-corrected chi connectivity index (χ1v) is 8.01. The van der Waals surface area contributed by atoms with E-state index in [-0.39, 0.29) is 5.78 Å². The molecule has 0 radical (unpaired) electrons. The average molecular weight is 344 g/mol. The number of carbonyl (C=O) groups excluding carboxylic acids is 1. The minimum atomic E-state index is -0.0948. The number of allylic oxidation sites excluding steroid dienone is 1. The van der Waals surface area contributed by atoms with E-state index in [1.807, 2.05) is 12.1 Å². The third kappa shape index (κ3) is 3.24. The Morgan fingerprint density at radius 2 is 1.92 bits per heavy atom. The molecule has 0 amide bonds. The van der Waals surface area contributed by atoms with Gasteiger partial charge in [0.2, 0.25) is 0 Å². The molecular weight excluding hydrogens is 326 g/mol. The smallest absolute Gasteiger partial charge is 0.187 e. The highest BCUT2D eigenvalue weighted by Crippen LogP contribution is 2.34. The Kier molecular flexibility index (Phi) is 4.76. The second kappa shape index (κ2) is 6.97.